The number of carbonyl (C=O) groups is 2. The Bertz CT molecular complexity index is 1000. The molecule has 0 aliphatic carbocycles. The van der Waals surface area contributed by atoms with Crippen LogP contribution >= 0.6 is 0 Å². The molecule has 2 heterocycles. The molecule has 3 rings (SSSR count). The normalized spacial score (nSPS) is 17.8. The van der Waals surface area contributed by atoms with E-state index in [1.807, 2.05) is 13.8 Å². The van der Waals surface area contributed by atoms with Crippen molar-refractivity contribution in [3.63, 3.8) is 0 Å². The van der Waals surface area contributed by atoms with Gasteiger partial charge in [-0.2, -0.15) is 0 Å². The van der Waals surface area contributed by atoms with Crippen molar-refractivity contribution in [1.29, 1.82) is 0 Å². The number of benzene rings is 1. The second kappa shape index (κ2) is 10.3. The Kier molecular flexibility index (Phi) is 7.48. The number of aliphatic hydroxyl groups excluding tert-OH is 1. The van der Waals surface area contributed by atoms with Gasteiger partial charge in [0.15, 0.2) is 11.5 Å². The molecule has 0 saturated carbocycles. The number of rotatable bonds is 9. The number of hydrogen-bond donors (Lipinski definition) is 1. The average Bonchev–Trinajstić information content (AvgIpc) is 3.08. The lowest BCUT2D eigenvalue weighted by atomic mass is 9.94. The number of likely N-dealkylation sites (tertiary alicyclic amines) is 1. The zero-order chi connectivity index (χ0) is 23.3. The Morgan fingerprint density at radius 2 is 1.78 bits per heavy atom. The second-order valence-electron chi connectivity index (χ2n) is 7.34. The number of carbonyl (C=O) groups excluding carboxylic acids is 2. The third-order valence-corrected chi connectivity index (χ3v) is 5.77. The topological polar surface area (TPSA) is 92.2 Å². The van der Waals surface area contributed by atoms with Gasteiger partial charge in [-0.3, -0.25) is 14.6 Å². The molecule has 2 aromatic rings. The Balaban J connectivity index is 2.19. The van der Waals surface area contributed by atoms with E-state index in [2.05, 4.69) is 9.88 Å². The van der Waals surface area contributed by atoms with Gasteiger partial charge in [0.2, 0.25) is 0 Å². The van der Waals surface area contributed by atoms with Gasteiger partial charge in [-0.05, 0) is 31.3 Å². The fourth-order valence-electron chi connectivity index (χ4n) is 4.02. The van der Waals surface area contributed by atoms with E-state index < -0.39 is 17.7 Å². The van der Waals surface area contributed by atoms with Crippen LogP contribution in [0.5, 0.6) is 11.5 Å². The first-order chi connectivity index (χ1) is 15.5. The monoisotopic (exact) mass is 439 g/mol. The summed E-state index contributed by atoms with van der Waals surface area (Å²) in [7, 11) is 3.03. The van der Waals surface area contributed by atoms with Crippen LogP contribution in [0.2, 0.25) is 0 Å². The van der Waals surface area contributed by atoms with Gasteiger partial charge >= 0.3 is 0 Å². The molecule has 32 heavy (non-hydrogen) atoms. The molecule has 1 amide bonds. The molecule has 0 unspecified atom stereocenters. The number of amides is 1. The number of hydrogen-bond acceptors (Lipinski definition) is 7. The first-order valence-electron chi connectivity index (χ1n) is 10.6. The van der Waals surface area contributed by atoms with Crippen LogP contribution in [0.15, 0.2) is 48.3 Å². The van der Waals surface area contributed by atoms with E-state index in [0.717, 1.165) is 13.1 Å². The van der Waals surface area contributed by atoms with Crippen molar-refractivity contribution in [2.24, 2.45) is 0 Å². The molecule has 8 heteroatoms. The molecule has 1 aromatic heterocycles. The summed E-state index contributed by atoms with van der Waals surface area (Å²) in [5, 5.41) is 11.1. The lowest BCUT2D eigenvalue weighted by molar-refractivity contribution is -0.140. The molecule has 0 bridgehead atoms. The highest BCUT2D eigenvalue weighted by atomic mass is 16.5. The SMILES string of the molecule is CCN(CC)CCN1C(=O)C(=O)C(=C(O)c2ccncc2)[C@H]1c1cccc(OC)c1OC. The van der Waals surface area contributed by atoms with Crippen LogP contribution in [-0.2, 0) is 9.59 Å². The van der Waals surface area contributed by atoms with E-state index in [4.69, 9.17) is 9.47 Å². The quantitative estimate of drug-likeness (QED) is 0.365. The van der Waals surface area contributed by atoms with Gasteiger partial charge < -0.3 is 24.4 Å². The molecular formula is C24H29N3O5. The Labute approximate surface area is 188 Å². The van der Waals surface area contributed by atoms with Gasteiger partial charge in [0.25, 0.3) is 11.7 Å². The zero-order valence-corrected chi connectivity index (χ0v) is 18.9. The van der Waals surface area contributed by atoms with Gasteiger partial charge in [-0.15, -0.1) is 0 Å². The van der Waals surface area contributed by atoms with E-state index >= 15 is 0 Å². The number of nitrogens with zero attached hydrogens (tertiary/aromatic N) is 3. The van der Waals surface area contributed by atoms with Crippen molar-refractivity contribution in [3.05, 3.63) is 59.4 Å². The van der Waals surface area contributed by atoms with Crippen LogP contribution in [0, 0.1) is 0 Å². The van der Waals surface area contributed by atoms with Crippen molar-refractivity contribution in [1.82, 2.24) is 14.8 Å². The molecule has 0 radical (unpaired) electrons. The molecule has 1 N–H and O–H groups in total. The lowest BCUT2D eigenvalue weighted by Crippen LogP contribution is -2.38. The van der Waals surface area contributed by atoms with E-state index in [0.29, 0.717) is 35.7 Å². The number of ether oxygens (including phenoxy) is 2. The molecular weight excluding hydrogens is 410 g/mol. The maximum absolute atomic E-state index is 13.1. The fourth-order valence-corrected chi connectivity index (χ4v) is 4.02. The van der Waals surface area contributed by atoms with Gasteiger partial charge in [0.05, 0.1) is 25.8 Å². The minimum Gasteiger partial charge on any atom is -0.507 e. The number of aromatic nitrogens is 1. The summed E-state index contributed by atoms with van der Waals surface area (Å²) in [6.07, 6.45) is 3.04. The molecule has 1 fully saturated rings. The molecule has 8 nitrogen and oxygen atoms in total. The van der Waals surface area contributed by atoms with Crippen molar-refractivity contribution in [2.75, 3.05) is 40.4 Å². The van der Waals surface area contributed by atoms with Crippen LogP contribution in [0.1, 0.15) is 31.0 Å². The Morgan fingerprint density at radius 1 is 1.09 bits per heavy atom. The van der Waals surface area contributed by atoms with Crippen LogP contribution < -0.4 is 9.47 Å². The number of pyridine rings is 1. The van der Waals surface area contributed by atoms with Crippen LogP contribution in [0.3, 0.4) is 0 Å². The average molecular weight is 440 g/mol. The zero-order valence-electron chi connectivity index (χ0n) is 18.9. The predicted octanol–water partition coefficient (Wildman–Crippen LogP) is 2.86. The molecule has 1 atom stereocenters. The third kappa shape index (κ3) is 4.31. The lowest BCUT2D eigenvalue weighted by Gasteiger charge is -2.29. The molecule has 1 aliphatic rings. The molecule has 1 aliphatic heterocycles. The van der Waals surface area contributed by atoms with Crippen molar-refractivity contribution in [3.8, 4) is 11.5 Å². The molecule has 1 saturated heterocycles. The first kappa shape index (κ1) is 23.3. The van der Waals surface area contributed by atoms with Crippen LogP contribution in [-0.4, -0.2) is 72.0 Å². The van der Waals surface area contributed by atoms with E-state index in [1.54, 1.807) is 30.3 Å². The van der Waals surface area contributed by atoms with Gasteiger partial charge in [0.1, 0.15) is 5.76 Å². The molecule has 1 aromatic carbocycles. The summed E-state index contributed by atoms with van der Waals surface area (Å²) in [5.41, 5.74) is 1.00. The summed E-state index contributed by atoms with van der Waals surface area (Å²) in [6.45, 7) is 6.66. The van der Waals surface area contributed by atoms with Crippen molar-refractivity contribution < 1.29 is 24.2 Å². The third-order valence-electron chi connectivity index (χ3n) is 5.77. The number of ketones is 1. The summed E-state index contributed by atoms with van der Waals surface area (Å²) in [5.74, 6) is -0.735. The predicted molar refractivity (Wildman–Crippen MR) is 121 cm³/mol. The van der Waals surface area contributed by atoms with Crippen molar-refractivity contribution >= 4 is 17.4 Å². The molecule has 170 valence electrons. The standard InChI is InChI=1S/C24H29N3O5/c1-5-26(6-2)14-15-27-20(17-8-7-9-18(31-3)23(17)32-4)19(22(29)24(27)30)21(28)16-10-12-25-13-11-16/h7-13,20,28H,5-6,14-15H2,1-4H3/t20-/m1/s1. The van der Waals surface area contributed by atoms with Crippen molar-refractivity contribution in [2.45, 2.75) is 19.9 Å². The summed E-state index contributed by atoms with van der Waals surface area (Å²) in [6, 6.07) is 7.67. The van der Waals surface area contributed by atoms with Crippen LogP contribution in [0.4, 0.5) is 0 Å². The Morgan fingerprint density at radius 3 is 2.38 bits per heavy atom. The van der Waals surface area contributed by atoms with Gasteiger partial charge in [0, 0.05) is 36.6 Å². The minimum absolute atomic E-state index is 0.0206. The maximum atomic E-state index is 13.1. The summed E-state index contributed by atoms with van der Waals surface area (Å²) < 4.78 is 11.0. The number of methoxy groups -OCH3 is 2. The number of aliphatic hydroxyl groups is 1. The van der Waals surface area contributed by atoms with Gasteiger partial charge in [-0.1, -0.05) is 26.0 Å². The Hall–Kier alpha value is -3.39. The highest BCUT2D eigenvalue weighted by Crippen LogP contribution is 2.45. The summed E-state index contributed by atoms with van der Waals surface area (Å²) in [4.78, 5) is 33.9. The minimum atomic E-state index is -0.816. The first-order valence-corrected chi connectivity index (χ1v) is 10.6. The number of likely N-dealkylation sites (N-methyl/N-ethyl adjacent to an activating group) is 1. The van der Waals surface area contributed by atoms with E-state index in [1.165, 1.54) is 31.5 Å². The highest BCUT2D eigenvalue weighted by molar-refractivity contribution is 6.46. The summed E-state index contributed by atoms with van der Waals surface area (Å²) >= 11 is 0. The smallest absolute Gasteiger partial charge is 0.295 e. The van der Waals surface area contributed by atoms with Gasteiger partial charge in [-0.25, -0.2) is 0 Å². The van der Waals surface area contributed by atoms with E-state index in [-0.39, 0.29) is 11.3 Å². The van der Waals surface area contributed by atoms with Crippen LogP contribution in [0.25, 0.3) is 5.76 Å². The molecule has 0 spiro atoms. The second-order valence-corrected chi connectivity index (χ2v) is 7.34. The maximum Gasteiger partial charge on any atom is 0.295 e. The van der Waals surface area contributed by atoms with E-state index in [9.17, 15) is 14.7 Å². The highest BCUT2D eigenvalue weighted by Gasteiger charge is 2.47. The fraction of sp³-hybridized carbons (Fsp3) is 0.375. The number of para-hydroxylation sites is 1. The number of Topliss-reactive ketones (excluding diaryl/α,β-unsaturated/α-hetero) is 1. The largest absolute Gasteiger partial charge is 0.507 e.